The first-order chi connectivity index (χ1) is 14.4. The Morgan fingerprint density at radius 1 is 0.633 bits per heavy atom. The lowest BCUT2D eigenvalue weighted by Crippen LogP contribution is -2.23. The van der Waals surface area contributed by atoms with Gasteiger partial charge in [0.25, 0.3) is 0 Å². The lowest BCUT2D eigenvalue weighted by atomic mass is 9.98. The molecule has 1 unspecified atom stereocenters. The van der Waals surface area contributed by atoms with Gasteiger partial charge < -0.3 is 9.47 Å². The van der Waals surface area contributed by atoms with E-state index in [4.69, 9.17) is 9.47 Å². The van der Waals surface area contributed by atoms with E-state index in [0.717, 1.165) is 50.4 Å². The third-order valence-corrected chi connectivity index (χ3v) is 5.51. The van der Waals surface area contributed by atoms with Crippen LogP contribution < -0.4 is 0 Å². The molecule has 0 spiro atoms. The maximum absolute atomic E-state index is 12.4. The fraction of sp³-hybridized carbons (Fsp3) is 0.923. The highest BCUT2D eigenvalue weighted by Gasteiger charge is 2.23. The molecule has 1 atom stereocenters. The molecule has 0 N–H and O–H groups in total. The third kappa shape index (κ3) is 18.9. The summed E-state index contributed by atoms with van der Waals surface area (Å²) in [5.41, 5.74) is 0. The molecule has 0 fully saturated rings. The topological polar surface area (TPSA) is 52.6 Å². The summed E-state index contributed by atoms with van der Waals surface area (Å²) in [6.07, 6.45) is 14.2. The number of esters is 2. The van der Waals surface area contributed by atoms with E-state index in [9.17, 15) is 9.59 Å². The van der Waals surface area contributed by atoms with Gasteiger partial charge in [-0.05, 0) is 31.1 Å². The number of hydrogen-bond donors (Lipinski definition) is 0. The first kappa shape index (κ1) is 28.9. The molecule has 0 aliphatic carbocycles. The van der Waals surface area contributed by atoms with Crippen molar-refractivity contribution in [3.63, 3.8) is 0 Å². The van der Waals surface area contributed by atoms with E-state index in [1.54, 1.807) is 0 Å². The highest BCUT2D eigenvalue weighted by atomic mass is 16.5. The summed E-state index contributed by atoms with van der Waals surface area (Å²) in [5, 5.41) is 0. The van der Waals surface area contributed by atoms with Gasteiger partial charge in [0.1, 0.15) is 0 Å². The highest BCUT2D eigenvalue weighted by Crippen LogP contribution is 2.17. The van der Waals surface area contributed by atoms with Crippen LogP contribution in [-0.4, -0.2) is 25.2 Å². The van der Waals surface area contributed by atoms with E-state index in [1.807, 2.05) is 0 Å². The van der Waals surface area contributed by atoms with Crippen LogP contribution in [0.2, 0.25) is 0 Å². The molecule has 0 bridgehead atoms. The van der Waals surface area contributed by atoms with Crippen LogP contribution in [0.25, 0.3) is 0 Å². The van der Waals surface area contributed by atoms with Crippen LogP contribution in [0.4, 0.5) is 0 Å². The van der Waals surface area contributed by atoms with Crippen molar-refractivity contribution in [1.82, 2.24) is 0 Å². The number of unbranched alkanes of at least 4 members (excludes halogenated alkanes) is 7. The number of carbonyl (C=O) groups excluding carboxylic acids is 2. The molecule has 0 aliphatic rings. The predicted octanol–water partition coefficient (Wildman–Crippen LogP) is 7.48. The smallest absolute Gasteiger partial charge is 0.309 e. The summed E-state index contributed by atoms with van der Waals surface area (Å²) in [6, 6.07) is 0. The Hall–Kier alpha value is -1.06. The molecule has 0 aromatic rings. The fourth-order valence-corrected chi connectivity index (χ4v) is 3.51. The van der Waals surface area contributed by atoms with Crippen LogP contribution in [0.3, 0.4) is 0 Å². The standard InChI is InChI=1S/C26H50O4/c1-6-7-18-24(26(28)30-20-15-11-9-13-17-23(4)5)21-25(27)29-19-14-10-8-12-16-22(2)3/h22-24H,6-21H2,1-5H3. The molecule has 30 heavy (non-hydrogen) atoms. The van der Waals surface area contributed by atoms with Crippen molar-refractivity contribution in [1.29, 1.82) is 0 Å². The molecule has 0 radical (unpaired) electrons. The molecule has 0 saturated heterocycles. The summed E-state index contributed by atoms with van der Waals surface area (Å²) in [5.74, 6) is 0.670. The summed E-state index contributed by atoms with van der Waals surface area (Å²) < 4.78 is 10.8. The van der Waals surface area contributed by atoms with Gasteiger partial charge in [-0.25, -0.2) is 0 Å². The number of hydrogen-bond acceptors (Lipinski definition) is 4. The van der Waals surface area contributed by atoms with E-state index in [0.29, 0.717) is 19.6 Å². The first-order valence-corrected chi connectivity index (χ1v) is 12.7. The zero-order chi connectivity index (χ0) is 22.6. The van der Waals surface area contributed by atoms with Crippen molar-refractivity contribution in [2.24, 2.45) is 17.8 Å². The molecular weight excluding hydrogens is 376 g/mol. The summed E-state index contributed by atoms with van der Waals surface area (Å²) in [7, 11) is 0. The van der Waals surface area contributed by atoms with Crippen molar-refractivity contribution in [3.8, 4) is 0 Å². The number of ether oxygens (including phenoxy) is 2. The number of rotatable bonds is 20. The van der Waals surface area contributed by atoms with Gasteiger partial charge >= 0.3 is 11.9 Å². The number of carbonyl (C=O) groups is 2. The molecule has 0 heterocycles. The van der Waals surface area contributed by atoms with Gasteiger partial charge in [-0.1, -0.05) is 98.8 Å². The maximum atomic E-state index is 12.4. The van der Waals surface area contributed by atoms with Gasteiger partial charge in [-0.3, -0.25) is 9.59 Å². The second-order valence-corrected chi connectivity index (χ2v) is 9.62. The fourth-order valence-electron chi connectivity index (χ4n) is 3.51. The largest absolute Gasteiger partial charge is 0.466 e. The Kier molecular flexibility index (Phi) is 19.2. The Bertz CT molecular complexity index is 417. The van der Waals surface area contributed by atoms with Crippen molar-refractivity contribution in [3.05, 3.63) is 0 Å². The molecule has 4 nitrogen and oxygen atoms in total. The van der Waals surface area contributed by atoms with Crippen molar-refractivity contribution in [2.75, 3.05) is 13.2 Å². The normalized spacial score (nSPS) is 12.4. The van der Waals surface area contributed by atoms with Crippen LogP contribution >= 0.6 is 0 Å². The van der Waals surface area contributed by atoms with Gasteiger partial charge in [0.05, 0.1) is 25.6 Å². The molecule has 4 heteroatoms. The monoisotopic (exact) mass is 426 g/mol. The van der Waals surface area contributed by atoms with E-state index in [-0.39, 0.29) is 24.3 Å². The van der Waals surface area contributed by atoms with Gasteiger partial charge in [-0.2, -0.15) is 0 Å². The zero-order valence-electron chi connectivity index (χ0n) is 20.7. The lowest BCUT2D eigenvalue weighted by molar-refractivity contribution is -0.155. The molecular formula is C26H50O4. The van der Waals surface area contributed by atoms with Crippen molar-refractivity contribution >= 4 is 11.9 Å². The summed E-state index contributed by atoms with van der Waals surface area (Å²) in [6.45, 7) is 12.0. The first-order valence-electron chi connectivity index (χ1n) is 12.7. The van der Waals surface area contributed by atoms with Gasteiger partial charge in [0.15, 0.2) is 0 Å². The highest BCUT2D eigenvalue weighted by molar-refractivity contribution is 5.79. The molecule has 0 aromatic heterocycles. The molecule has 178 valence electrons. The van der Waals surface area contributed by atoms with Gasteiger partial charge in [0, 0.05) is 0 Å². The van der Waals surface area contributed by atoms with Gasteiger partial charge in [0.2, 0.25) is 0 Å². The van der Waals surface area contributed by atoms with Crippen LogP contribution in [0, 0.1) is 17.8 Å². The Labute approximate surface area is 186 Å². The van der Waals surface area contributed by atoms with Crippen LogP contribution in [-0.2, 0) is 19.1 Å². The van der Waals surface area contributed by atoms with Gasteiger partial charge in [-0.15, -0.1) is 0 Å². The zero-order valence-corrected chi connectivity index (χ0v) is 20.7. The predicted molar refractivity (Wildman–Crippen MR) is 125 cm³/mol. The Balaban J connectivity index is 4.00. The minimum Gasteiger partial charge on any atom is -0.466 e. The maximum Gasteiger partial charge on any atom is 0.309 e. The molecule has 0 amide bonds. The van der Waals surface area contributed by atoms with Crippen LogP contribution in [0.5, 0.6) is 0 Å². The van der Waals surface area contributed by atoms with E-state index < -0.39 is 0 Å². The molecule has 0 aliphatic heterocycles. The van der Waals surface area contributed by atoms with Crippen LogP contribution in [0.15, 0.2) is 0 Å². The minimum atomic E-state index is -0.357. The average Bonchev–Trinajstić information content (AvgIpc) is 2.68. The van der Waals surface area contributed by atoms with Crippen molar-refractivity contribution < 1.29 is 19.1 Å². The SMILES string of the molecule is CCCCC(CC(=O)OCCCCCCC(C)C)C(=O)OCCCCCCC(C)C. The molecule has 0 aromatic carbocycles. The Morgan fingerprint density at radius 2 is 1.13 bits per heavy atom. The lowest BCUT2D eigenvalue weighted by Gasteiger charge is -2.15. The summed E-state index contributed by atoms with van der Waals surface area (Å²) >= 11 is 0. The molecule has 0 saturated carbocycles. The quantitative estimate of drug-likeness (QED) is 0.149. The van der Waals surface area contributed by atoms with Crippen LogP contribution in [0.1, 0.15) is 125 Å². The van der Waals surface area contributed by atoms with E-state index >= 15 is 0 Å². The average molecular weight is 427 g/mol. The van der Waals surface area contributed by atoms with E-state index in [1.165, 1.54) is 38.5 Å². The second-order valence-electron chi connectivity index (χ2n) is 9.62. The second kappa shape index (κ2) is 19.9. The van der Waals surface area contributed by atoms with Crippen molar-refractivity contribution in [2.45, 2.75) is 125 Å². The Morgan fingerprint density at radius 3 is 1.63 bits per heavy atom. The summed E-state index contributed by atoms with van der Waals surface area (Å²) in [4.78, 5) is 24.6. The molecule has 0 rings (SSSR count). The third-order valence-electron chi connectivity index (χ3n) is 5.51. The van der Waals surface area contributed by atoms with E-state index in [2.05, 4.69) is 34.6 Å². The minimum absolute atomic E-state index is 0.153.